The first-order valence-corrected chi connectivity index (χ1v) is 5.62. The first kappa shape index (κ1) is 9.23. The second-order valence-electron chi connectivity index (χ2n) is 3.20. The van der Waals surface area contributed by atoms with Crippen LogP contribution in [-0.4, -0.2) is 15.0 Å². The molecule has 0 radical (unpaired) electrons. The van der Waals surface area contributed by atoms with Crippen molar-refractivity contribution in [2.75, 3.05) is 5.32 Å². The Labute approximate surface area is 96.0 Å². The van der Waals surface area contributed by atoms with Gasteiger partial charge in [-0.25, -0.2) is 9.97 Å². The monoisotopic (exact) mass is 228 g/mol. The molecule has 0 saturated carbocycles. The van der Waals surface area contributed by atoms with Crippen LogP contribution in [0.15, 0.2) is 42.9 Å². The predicted molar refractivity (Wildman–Crippen MR) is 64.9 cm³/mol. The number of hydrogen-bond acceptors (Lipinski definition) is 5. The molecule has 78 valence electrons. The van der Waals surface area contributed by atoms with Crippen molar-refractivity contribution in [3.8, 4) is 0 Å². The number of anilines is 2. The van der Waals surface area contributed by atoms with Gasteiger partial charge in [-0.1, -0.05) is 23.5 Å². The van der Waals surface area contributed by atoms with E-state index in [1.807, 2.05) is 18.2 Å². The van der Waals surface area contributed by atoms with Gasteiger partial charge in [0.2, 0.25) is 0 Å². The highest BCUT2D eigenvalue weighted by Gasteiger charge is 2.03. The maximum absolute atomic E-state index is 4.45. The average molecular weight is 228 g/mol. The van der Waals surface area contributed by atoms with E-state index < -0.39 is 0 Å². The summed E-state index contributed by atoms with van der Waals surface area (Å²) in [5, 5.41) is 3.96. The van der Waals surface area contributed by atoms with Gasteiger partial charge < -0.3 is 5.32 Å². The van der Waals surface area contributed by atoms with Gasteiger partial charge in [0.15, 0.2) is 10.9 Å². The van der Waals surface area contributed by atoms with Crippen LogP contribution in [0.1, 0.15) is 0 Å². The van der Waals surface area contributed by atoms with Crippen molar-refractivity contribution >= 4 is 32.5 Å². The van der Waals surface area contributed by atoms with Crippen LogP contribution >= 0.6 is 11.3 Å². The summed E-state index contributed by atoms with van der Waals surface area (Å²) in [5.74, 6) is 0.710. The highest BCUT2D eigenvalue weighted by Crippen LogP contribution is 2.26. The summed E-state index contributed by atoms with van der Waals surface area (Å²) in [6.07, 6.45) is 4.96. The number of fused-ring (bicyclic) bond motifs is 1. The topological polar surface area (TPSA) is 50.7 Å². The third kappa shape index (κ3) is 1.72. The van der Waals surface area contributed by atoms with Gasteiger partial charge in [-0.2, -0.15) is 0 Å². The number of nitrogens with zero attached hydrogens (tertiary/aromatic N) is 3. The SMILES string of the molecule is c1ccc2sc(Nc3cnccn3)nc2c1. The zero-order valence-corrected chi connectivity index (χ0v) is 9.11. The molecule has 0 aliphatic carbocycles. The van der Waals surface area contributed by atoms with Gasteiger partial charge in [0.1, 0.15) is 0 Å². The summed E-state index contributed by atoms with van der Waals surface area (Å²) in [7, 11) is 0. The first-order chi connectivity index (χ1) is 7.92. The predicted octanol–water partition coefficient (Wildman–Crippen LogP) is 2.83. The molecule has 0 fully saturated rings. The lowest BCUT2D eigenvalue weighted by molar-refractivity contribution is 1.19. The van der Waals surface area contributed by atoms with Crippen LogP contribution in [-0.2, 0) is 0 Å². The van der Waals surface area contributed by atoms with Crippen LogP contribution in [0.5, 0.6) is 0 Å². The normalized spacial score (nSPS) is 10.5. The molecule has 2 aromatic heterocycles. The van der Waals surface area contributed by atoms with Gasteiger partial charge in [-0.15, -0.1) is 0 Å². The van der Waals surface area contributed by atoms with E-state index in [1.165, 1.54) is 0 Å². The summed E-state index contributed by atoms with van der Waals surface area (Å²) in [6, 6.07) is 8.03. The average Bonchev–Trinajstić information content (AvgIpc) is 2.72. The van der Waals surface area contributed by atoms with E-state index in [-0.39, 0.29) is 0 Å². The first-order valence-electron chi connectivity index (χ1n) is 4.80. The lowest BCUT2D eigenvalue weighted by Gasteiger charge is -1.97. The van der Waals surface area contributed by atoms with Gasteiger partial charge >= 0.3 is 0 Å². The van der Waals surface area contributed by atoms with E-state index in [1.54, 1.807) is 29.9 Å². The van der Waals surface area contributed by atoms with Crippen molar-refractivity contribution in [3.63, 3.8) is 0 Å². The maximum Gasteiger partial charge on any atom is 0.189 e. The fourth-order valence-electron chi connectivity index (χ4n) is 1.40. The number of rotatable bonds is 2. The van der Waals surface area contributed by atoms with Crippen LogP contribution in [0.4, 0.5) is 10.9 Å². The molecule has 0 aliphatic rings. The minimum Gasteiger partial charge on any atom is -0.315 e. The third-order valence-corrected chi connectivity index (χ3v) is 3.04. The largest absolute Gasteiger partial charge is 0.315 e. The molecule has 16 heavy (non-hydrogen) atoms. The fourth-order valence-corrected chi connectivity index (χ4v) is 2.27. The standard InChI is InChI=1S/C11H8N4S/c1-2-4-9-8(3-1)14-11(16-9)15-10-7-12-5-6-13-10/h1-7H,(H,13,14,15). The molecular weight excluding hydrogens is 220 g/mol. The minimum absolute atomic E-state index is 0.710. The molecule has 2 heterocycles. The summed E-state index contributed by atoms with van der Waals surface area (Å²) in [5.41, 5.74) is 0.999. The van der Waals surface area contributed by atoms with Crippen molar-refractivity contribution in [2.45, 2.75) is 0 Å². The number of benzene rings is 1. The molecule has 3 aromatic rings. The molecule has 0 amide bonds. The van der Waals surface area contributed by atoms with E-state index >= 15 is 0 Å². The Kier molecular flexibility index (Phi) is 2.23. The number of thiazole rings is 1. The van der Waals surface area contributed by atoms with Crippen molar-refractivity contribution in [2.24, 2.45) is 0 Å². The Balaban J connectivity index is 1.95. The van der Waals surface area contributed by atoms with Crippen LogP contribution in [0, 0.1) is 0 Å². The quantitative estimate of drug-likeness (QED) is 0.732. The molecule has 0 saturated heterocycles. The van der Waals surface area contributed by atoms with E-state index in [0.717, 1.165) is 15.3 Å². The molecule has 3 rings (SSSR count). The molecule has 5 heteroatoms. The number of nitrogens with one attached hydrogen (secondary N) is 1. The highest BCUT2D eigenvalue weighted by molar-refractivity contribution is 7.22. The highest BCUT2D eigenvalue weighted by atomic mass is 32.1. The number of aromatic nitrogens is 3. The molecule has 0 aliphatic heterocycles. The second kappa shape index (κ2) is 3.86. The molecular formula is C11H8N4S. The Bertz CT molecular complexity index is 572. The van der Waals surface area contributed by atoms with E-state index in [9.17, 15) is 0 Å². The van der Waals surface area contributed by atoms with Crippen molar-refractivity contribution in [3.05, 3.63) is 42.9 Å². The van der Waals surface area contributed by atoms with E-state index in [2.05, 4.69) is 26.3 Å². The van der Waals surface area contributed by atoms with Gasteiger partial charge in [-0.05, 0) is 12.1 Å². The van der Waals surface area contributed by atoms with Crippen molar-refractivity contribution in [1.82, 2.24) is 15.0 Å². The van der Waals surface area contributed by atoms with Gasteiger partial charge in [0.25, 0.3) is 0 Å². The molecule has 1 aromatic carbocycles. The zero-order chi connectivity index (χ0) is 10.8. The van der Waals surface area contributed by atoms with Gasteiger partial charge in [-0.3, -0.25) is 4.98 Å². The van der Waals surface area contributed by atoms with Crippen LogP contribution in [0.2, 0.25) is 0 Å². The molecule has 0 unspecified atom stereocenters. The summed E-state index contributed by atoms with van der Waals surface area (Å²) in [4.78, 5) is 12.6. The van der Waals surface area contributed by atoms with Crippen LogP contribution < -0.4 is 5.32 Å². The van der Waals surface area contributed by atoms with Crippen LogP contribution in [0.25, 0.3) is 10.2 Å². The van der Waals surface area contributed by atoms with Crippen molar-refractivity contribution in [1.29, 1.82) is 0 Å². The lowest BCUT2D eigenvalue weighted by atomic mass is 10.3. The maximum atomic E-state index is 4.45. The Morgan fingerprint density at radius 1 is 1.12 bits per heavy atom. The zero-order valence-electron chi connectivity index (χ0n) is 8.29. The van der Waals surface area contributed by atoms with Crippen molar-refractivity contribution < 1.29 is 0 Å². The fraction of sp³-hybridized carbons (Fsp3) is 0. The smallest absolute Gasteiger partial charge is 0.189 e. The molecule has 1 N–H and O–H groups in total. The van der Waals surface area contributed by atoms with E-state index in [4.69, 9.17) is 0 Å². The molecule has 4 nitrogen and oxygen atoms in total. The van der Waals surface area contributed by atoms with Gasteiger partial charge in [0.05, 0.1) is 16.4 Å². The molecule has 0 spiro atoms. The second-order valence-corrected chi connectivity index (χ2v) is 4.23. The summed E-state index contributed by atoms with van der Waals surface area (Å²) < 4.78 is 1.16. The minimum atomic E-state index is 0.710. The Morgan fingerprint density at radius 2 is 2.06 bits per heavy atom. The van der Waals surface area contributed by atoms with Gasteiger partial charge in [0, 0.05) is 12.4 Å². The number of hydrogen-bond donors (Lipinski definition) is 1. The third-order valence-electron chi connectivity index (χ3n) is 2.09. The Hall–Kier alpha value is -2.01. The van der Waals surface area contributed by atoms with E-state index in [0.29, 0.717) is 5.82 Å². The Morgan fingerprint density at radius 3 is 2.88 bits per heavy atom. The van der Waals surface area contributed by atoms with Crippen LogP contribution in [0.3, 0.4) is 0 Å². The molecule has 0 atom stereocenters. The summed E-state index contributed by atoms with van der Waals surface area (Å²) in [6.45, 7) is 0. The number of para-hydroxylation sites is 1. The molecule has 0 bridgehead atoms. The lowest BCUT2D eigenvalue weighted by Crippen LogP contribution is -1.92. The summed E-state index contributed by atoms with van der Waals surface area (Å²) >= 11 is 1.60.